The van der Waals surface area contributed by atoms with E-state index in [4.69, 9.17) is 4.74 Å². The van der Waals surface area contributed by atoms with Gasteiger partial charge in [0.2, 0.25) is 0 Å². The smallest absolute Gasteiger partial charge is 0.143 e. The molecule has 0 saturated carbocycles. The number of fused-ring (bicyclic) bond motifs is 1. The molecule has 0 atom stereocenters. The molecule has 3 heteroatoms. The lowest BCUT2D eigenvalue weighted by atomic mass is 10.1. The van der Waals surface area contributed by atoms with E-state index < -0.39 is 0 Å². The lowest BCUT2D eigenvalue weighted by Gasteiger charge is -2.26. The van der Waals surface area contributed by atoms with Gasteiger partial charge < -0.3 is 15.0 Å². The first-order valence-corrected chi connectivity index (χ1v) is 9.06. The number of hydrogen-bond donors (Lipinski definition) is 1. The summed E-state index contributed by atoms with van der Waals surface area (Å²) in [5, 5.41) is 6.03. The van der Waals surface area contributed by atoms with E-state index >= 15 is 0 Å². The Hall–Kier alpha value is -2.52. The van der Waals surface area contributed by atoms with Crippen LogP contribution >= 0.6 is 0 Å². The minimum absolute atomic E-state index is 0.596. The van der Waals surface area contributed by atoms with Gasteiger partial charge in [-0.3, -0.25) is 0 Å². The van der Waals surface area contributed by atoms with Crippen molar-refractivity contribution in [3.05, 3.63) is 72.3 Å². The molecule has 3 aromatic carbocycles. The number of ether oxygens (including phenoxy) is 1. The topological polar surface area (TPSA) is 24.5 Å². The molecule has 0 aromatic heterocycles. The van der Waals surface area contributed by atoms with Gasteiger partial charge in [0.1, 0.15) is 12.4 Å². The monoisotopic (exact) mass is 332 g/mol. The first-order valence-electron chi connectivity index (χ1n) is 9.06. The predicted molar refractivity (Wildman–Crippen MR) is 104 cm³/mol. The molecule has 0 bridgehead atoms. The third-order valence-corrected chi connectivity index (χ3v) is 4.76. The van der Waals surface area contributed by atoms with Crippen LogP contribution in [0.5, 0.6) is 5.75 Å². The number of hydrogen-bond acceptors (Lipinski definition) is 3. The fourth-order valence-corrected chi connectivity index (χ4v) is 3.48. The van der Waals surface area contributed by atoms with Crippen molar-refractivity contribution in [3.8, 4) is 5.75 Å². The Kier molecular flexibility index (Phi) is 4.84. The highest BCUT2D eigenvalue weighted by atomic mass is 16.5. The molecule has 1 N–H and O–H groups in total. The Balaban J connectivity index is 1.70. The van der Waals surface area contributed by atoms with Crippen molar-refractivity contribution >= 4 is 16.5 Å². The van der Waals surface area contributed by atoms with Crippen molar-refractivity contribution in [1.29, 1.82) is 0 Å². The second-order valence-electron chi connectivity index (χ2n) is 6.50. The van der Waals surface area contributed by atoms with E-state index in [1.807, 2.05) is 6.07 Å². The lowest BCUT2D eigenvalue weighted by molar-refractivity contribution is 0.307. The van der Waals surface area contributed by atoms with Crippen LogP contribution in [0.3, 0.4) is 0 Å². The number of rotatable bonds is 4. The minimum Gasteiger partial charge on any atom is -0.487 e. The zero-order valence-corrected chi connectivity index (χ0v) is 14.4. The van der Waals surface area contributed by atoms with Gasteiger partial charge >= 0.3 is 0 Å². The summed E-state index contributed by atoms with van der Waals surface area (Å²) in [6.45, 7) is 4.76. The maximum absolute atomic E-state index is 6.26. The third kappa shape index (κ3) is 3.62. The fraction of sp³-hybridized carbons (Fsp3) is 0.273. The molecule has 0 aliphatic carbocycles. The molecule has 3 aromatic rings. The maximum Gasteiger partial charge on any atom is 0.143 e. The molecule has 0 spiro atoms. The number of nitrogens with one attached hydrogen (secondary N) is 1. The number of nitrogens with zero attached hydrogens (tertiary/aromatic N) is 1. The highest BCUT2D eigenvalue weighted by molar-refractivity contribution is 5.97. The van der Waals surface area contributed by atoms with E-state index in [2.05, 4.69) is 70.9 Å². The van der Waals surface area contributed by atoms with Crippen LogP contribution in [0.25, 0.3) is 10.8 Å². The van der Waals surface area contributed by atoms with Gasteiger partial charge in [0.25, 0.3) is 0 Å². The summed E-state index contributed by atoms with van der Waals surface area (Å²) >= 11 is 0. The maximum atomic E-state index is 6.26. The second-order valence-corrected chi connectivity index (χ2v) is 6.50. The van der Waals surface area contributed by atoms with Crippen LogP contribution in [0, 0.1) is 0 Å². The molecule has 1 saturated heterocycles. The van der Waals surface area contributed by atoms with E-state index in [1.54, 1.807) is 0 Å². The molecule has 3 nitrogen and oxygen atoms in total. The second kappa shape index (κ2) is 7.58. The molecule has 1 aliphatic heterocycles. The van der Waals surface area contributed by atoms with Crippen LogP contribution in [0.1, 0.15) is 12.0 Å². The van der Waals surface area contributed by atoms with Crippen LogP contribution in [-0.4, -0.2) is 26.2 Å². The van der Waals surface area contributed by atoms with Crippen molar-refractivity contribution in [2.24, 2.45) is 0 Å². The number of anilines is 1. The zero-order valence-electron chi connectivity index (χ0n) is 14.4. The van der Waals surface area contributed by atoms with E-state index in [9.17, 15) is 0 Å². The average molecular weight is 332 g/mol. The van der Waals surface area contributed by atoms with Gasteiger partial charge in [0.05, 0.1) is 5.69 Å². The Bertz CT molecular complexity index is 824. The summed E-state index contributed by atoms with van der Waals surface area (Å²) in [6, 6.07) is 23.2. The van der Waals surface area contributed by atoms with Gasteiger partial charge in [-0.15, -0.1) is 0 Å². The molecule has 1 aliphatic rings. The summed E-state index contributed by atoms with van der Waals surface area (Å²) in [5.41, 5.74) is 2.43. The van der Waals surface area contributed by atoms with Gasteiger partial charge in [-0.1, -0.05) is 60.7 Å². The first kappa shape index (κ1) is 16.0. The van der Waals surface area contributed by atoms with Crippen LogP contribution in [0.2, 0.25) is 0 Å². The summed E-state index contributed by atoms with van der Waals surface area (Å²) in [5.74, 6) is 0.976. The fourth-order valence-electron chi connectivity index (χ4n) is 3.48. The number of benzene rings is 3. The molecular formula is C22H24N2O. The van der Waals surface area contributed by atoms with Gasteiger partial charge in [0.15, 0.2) is 0 Å². The largest absolute Gasteiger partial charge is 0.487 e. The van der Waals surface area contributed by atoms with Crippen LogP contribution < -0.4 is 15.0 Å². The van der Waals surface area contributed by atoms with Crippen molar-refractivity contribution in [1.82, 2.24) is 5.32 Å². The van der Waals surface area contributed by atoms with Crippen molar-refractivity contribution in [2.75, 3.05) is 31.1 Å². The highest BCUT2D eigenvalue weighted by Crippen LogP contribution is 2.37. The zero-order chi connectivity index (χ0) is 16.9. The van der Waals surface area contributed by atoms with Gasteiger partial charge in [0, 0.05) is 25.0 Å². The quantitative estimate of drug-likeness (QED) is 0.774. The molecule has 4 rings (SSSR count). The van der Waals surface area contributed by atoms with E-state index in [0.717, 1.165) is 38.3 Å². The average Bonchev–Trinajstić information content (AvgIpc) is 2.96. The normalized spacial score (nSPS) is 15.1. The molecule has 128 valence electrons. The van der Waals surface area contributed by atoms with E-state index in [-0.39, 0.29) is 0 Å². The van der Waals surface area contributed by atoms with Gasteiger partial charge in [-0.25, -0.2) is 0 Å². The van der Waals surface area contributed by atoms with E-state index in [1.165, 1.54) is 22.0 Å². The standard InChI is InChI=1S/C22H24N2O/c1-2-7-18(8-3-1)17-25-21-12-11-19-9-4-5-10-20(19)22(21)24-15-6-13-23-14-16-24/h1-5,7-12,23H,6,13-17H2. The summed E-state index contributed by atoms with van der Waals surface area (Å²) in [6.07, 6.45) is 1.15. The Morgan fingerprint density at radius 1 is 0.840 bits per heavy atom. The van der Waals surface area contributed by atoms with Gasteiger partial charge in [-0.2, -0.15) is 0 Å². The van der Waals surface area contributed by atoms with Crippen LogP contribution in [0.15, 0.2) is 66.7 Å². The van der Waals surface area contributed by atoms with Crippen molar-refractivity contribution in [3.63, 3.8) is 0 Å². The minimum atomic E-state index is 0.596. The van der Waals surface area contributed by atoms with Crippen LogP contribution in [0.4, 0.5) is 5.69 Å². The van der Waals surface area contributed by atoms with E-state index in [0.29, 0.717) is 6.61 Å². The Morgan fingerprint density at radius 2 is 1.68 bits per heavy atom. The Labute approximate surface area is 149 Å². The van der Waals surface area contributed by atoms with Gasteiger partial charge in [-0.05, 0) is 30.0 Å². The summed E-state index contributed by atoms with van der Waals surface area (Å²) in [7, 11) is 0. The molecule has 0 unspecified atom stereocenters. The van der Waals surface area contributed by atoms with Crippen LogP contribution in [-0.2, 0) is 6.61 Å². The molecule has 0 radical (unpaired) electrons. The molecule has 25 heavy (non-hydrogen) atoms. The first-order chi connectivity index (χ1) is 12.4. The third-order valence-electron chi connectivity index (χ3n) is 4.76. The summed E-state index contributed by atoms with van der Waals surface area (Å²) < 4.78 is 6.26. The molecule has 0 amide bonds. The predicted octanol–water partition coefficient (Wildman–Crippen LogP) is 4.22. The highest BCUT2D eigenvalue weighted by Gasteiger charge is 2.17. The molecule has 1 fully saturated rings. The molecular weight excluding hydrogens is 308 g/mol. The Morgan fingerprint density at radius 3 is 2.60 bits per heavy atom. The lowest BCUT2D eigenvalue weighted by Crippen LogP contribution is -2.28. The van der Waals surface area contributed by atoms with Crippen molar-refractivity contribution < 1.29 is 4.74 Å². The van der Waals surface area contributed by atoms with Crippen molar-refractivity contribution in [2.45, 2.75) is 13.0 Å². The SMILES string of the molecule is c1ccc(COc2ccc3ccccc3c2N2CCCNCC2)cc1. The molecule has 1 heterocycles. The summed E-state index contributed by atoms with van der Waals surface area (Å²) in [4.78, 5) is 2.47.